The third-order valence-electron chi connectivity index (χ3n) is 4.09. The largest absolute Gasteiger partial charge is 0.506 e. The fraction of sp³-hybridized carbons (Fsp3) is 0.0556. The van der Waals surface area contributed by atoms with Crippen molar-refractivity contribution in [1.82, 2.24) is 14.7 Å². The van der Waals surface area contributed by atoms with Gasteiger partial charge in [-0.2, -0.15) is 4.98 Å². The lowest BCUT2D eigenvalue weighted by atomic mass is 10.1. The van der Waals surface area contributed by atoms with Gasteiger partial charge in [0.2, 0.25) is 5.82 Å². The van der Waals surface area contributed by atoms with Crippen LogP contribution in [0.5, 0.6) is 5.75 Å². The summed E-state index contributed by atoms with van der Waals surface area (Å²) in [7, 11) is 1.47. The van der Waals surface area contributed by atoms with E-state index in [2.05, 4.69) is 10.1 Å². The van der Waals surface area contributed by atoms with Crippen molar-refractivity contribution >= 4 is 10.9 Å². The van der Waals surface area contributed by atoms with Gasteiger partial charge in [0, 0.05) is 12.4 Å². The number of aromatic hydroxyl groups is 1. The zero-order valence-corrected chi connectivity index (χ0v) is 13.4. The molecule has 0 aliphatic carbocycles. The van der Waals surface area contributed by atoms with Gasteiger partial charge in [-0.25, -0.2) is 8.78 Å². The van der Waals surface area contributed by atoms with Crippen molar-refractivity contribution in [2.75, 3.05) is 0 Å². The topological polar surface area (TPSA) is 81.2 Å². The summed E-state index contributed by atoms with van der Waals surface area (Å²) in [5.74, 6) is -1.97. The van der Waals surface area contributed by atoms with Gasteiger partial charge >= 0.3 is 0 Å². The van der Waals surface area contributed by atoms with Gasteiger partial charge in [-0.1, -0.05) is 17.3 Å². The molecule has 0 bridgehead atoms. The van der Waals surface area contributed by atoms with Crippen LogP contribution in [0.4, 0.5) is 8.78 Å². The first-order valence-electron chi connectivity index (χ1n) is 7.57. The van der Waals surface area contributed by atoms with Gasteiger partial charge in [-0.05, 0) is 30.3 Å². The molecule has 4 rings (SSSR count). The van der Waals surface area contributed by atoms with Crippen molar-refractivity contribution in [3.63, 3.8) is 0 Å². The smallest absolute Gasteiger partial charge is 0.267 e. The Hall–Kier alpha value is -3.55. The maximum Gasteiger partial charge on any atom is 0.267 e. The summed E-state index contributed by atoms with van der Waals surface area (Å²) in [5, 5.41) is 14.3. The quantitative estimate of drug-likeness (QED) is 0.597. The Labute approximate surface area is 144 Å². The Bertz CT molecular complexity index is 1210. The lowest BCUT2D eigenvalue weighted by Crippen LogP contribution is -2.19. The number of aromatic nitrogens is 3. The molecule has 4 aromatic rings. The standard InChI is InChI=1S/C18H11F2N3O3/c1-23-13-7-6-9(19)8-11(13)15(24)14(18(23)25)17-21-16(22-26-17)10-4-2-3-5-12(10)20/h2-8,24H,1H3. The van der Waals surface area contributed by atoms with E-state index in [1.165, 1.54) is 41.9 Å². The molecule has 0 spiro atoms. The van der Waals surface area contributed by atoms with Crippen molar-refractivity contribution in [2.24, 2.45) is 7.05 Å². The van der Waals surface area contributed by atoms with Gasteiger partial charge in [0.1, 0.15) is 22.9 Å². The summed E-state index contributed by atoms with van der Waals surface area (Å²) >= 11 is 0. The molecule has 0 aliphatic rings. The fourth-order valence-electron chi connectivity index (χ4n) is 2.77. The molecule has 0 saturated heterocycles. The van der Waals surface area contributed by atoms with Crippen LogP contribution in [-0.4, -0.2) is 19.8 Å². The van der Waals surface area contributed by atoms with E-state index in [1.807, 2.05) is 0 Å². The molecule has 0 radical (unpaired) electrons. The Morgan fingerprint density at radius 2 is 1.92 bits per heavy atom. The predicted molar refractivity (Wildman–Crippen MR) is 89.5 cm³/mol. The van der Waals surface area contributed by atoms with Crippen molar-refractivity contribution in [1.29, 1.82) is 0 Å². The Morgan fingerprint density at radius 3 is 2.69 bits per heavy atom. The molecular weight excluding hydrogens is 344 g/mol. The van der Waals surface area contributed by atoms with E-state index in [0.717, 1.165) is 6.07 Å². The Balaban J connectivity index is 1.96. The number of hydrogen-bond acceptors (Lipinski definition) is 5. The molecule has 2 aromatic heterocycles. The van der Waals surface area contributed by atoms with E-state index in [-0.39, 0.29) is 28.2 Å². The second-order valence-electron chi connectivity index (χ2n) is 5.65. The second kappa shape index (κ2) is 5.76. The van der Waals surface area contributed by atoms with E-state index in [1.54, 1.807) is 6.07 Å². The monoisotopic (exact) mass is 355 g/mol. The molecule has 130 valence electrons. The number of fused-ring (bicyclic) bond motifs is 1. The molecule has 0 amide bonds. The first kappa shape index (κ1) is 15.9. The number of pyridine rings is 1. The van der Waals surface area contributed by atoms with Crippen LogP contribution >= 0.6 is 0 Å². The van der Waals surface area contributed by atoms with Crippen LogP contribution < -0.4 is 5.56 Å². The first-order chi connectivity index (χ1) is 12.5. The fourth-order valence-corrected chi connectivity index (χ4v) is 2.77. The molecule has 8 heteroatoms. The molecule has 2 aromatic carbocycles. The maximum atomic E-state index is 13.9. The summed E-state index contributed by atoms with van der Waals surface area (Å²) < 4.78 is 33.7. The number of halogens is 2. The zero-order valence-electron chi connectivity index (χ0n) is 13.4. The van der Waals surface area contributed by atoms with Crippen molar-refractivity contribution < 1.29 is 18.4 Å². The second-order valence-corrected chi connectivity index (χ2v) is 5.65. The minimum absolute atomic E-state index is 0.0705. The highest BCUT2D eigenvalue weighted by molar-refractivity contribution is 5.91. The molecule has 2 heterocycles. The van der Waals surface area contributed by atoms with Gasteiger partial charge in [0.05, 0.1) is 11.1 Å². The lowest BCUT2D eigenvalue weighted by Gasteiger charge is -2.09. The average molecular weight is 355 g/mol. The van der Waals surface area contributed by atoms with Gasteiger partial charge in [-0.3, -0.25) is 4.79 Å². The van der Waals surface area contributed by atoms with Gasteiger partial charge in [0.25, 0.3) is 11.4 Å². The molecule has 0 fully saturated rings. The third-order valence-corrected chi connectivity index (χ3v) is 4.09. The van der Waals surface area contributed by atoms with Crippen molar-refractivity contribution in [3.05, 3.63) is 64.5 Å². The summed E-state index contributed by atoms with van der Waals surface area (Å²) in [5.41, 5.74) is -0.455. The molecule has 0 aliphatic heterocycles. The van der Waals surface area contributed by atoms with E-state index in [4.69, 9.17) is 4.52 Å². The number of aryl methyl sites for hydroxylation is 1. The van der Waals surface area contributed by atoms with Crippen LogP contribution in [0.1, 0.15) is 0 Å². The molecule has 1 N–H and O–H groups in total. The minimum Gasteiger partial charge on any atom is -0.506 e. The number of rotatable bonds is 2. The Kier molecular flexibility index (Phi) is 3.54. The molecule has 6 nitrogen and oxygen atoms in total. The molecular formula is C18H11F2N3O3. The van der Waals surface area contributed by atoms with Gasteiger partial charge in [-0.15, -0.1) is 0 Å². The van der Waals surface area contributed by atoms with E-state index >= 15 is 0 Å². The summed E-state index contributed by atoms with van der Waals surface area (Å²) in [6, 6.07) is 9.47. The van der Waals surface area contributed by atoms with E-state index in [0.29, 0.717) is 5.52 Å². The first-order valence-corrected chi connectivity index (χ1v) is 7.57. The molecule has 26 heavy (non-hydrogen) atoms. The number of hydrogen-bond donors (Lipinski definition) is 1. The number of benzene rings is 2. The maximum absolute atomic E-state index is 13.9. The van der Waals surface area contributed by atoms with Crippen LogP contribution in [0.3, 0.4) is 0 Å². The highest BCUT2D eigenvalue weighted by atomic mass is 19.1. The van der Waals surface area contributed by atoms with Crippen LogP contribution in [-0.2, 0) is 7.05 Å². The van der Waals surface area contributed by atoms with Gasteiger partial charge in [0.15, 0.2) is 0 Å². The highest BCUT2D eigenvalue weighted by Crippen LogP contribution is 2.33. The van der Waals surface area contributed by atoms with Crippen LogP contribution in [0.15, 0.2) is 51.8 Å². The zero-order chi connectivity index (χ0) is 18.4. The summed E-state index contributed by atoms with van der Waals surface area (Å²) in [4.78, 5) is 16.6. The summed E-state index contributed by atoms with van der Waals surface area (Å²) in [6.45, 7) is 0. The number of nitrogens with zero attached hydrogens (tertiary/aromatic N) is 3. The Morgan fingerprint density at radius 1 is 1.15 bits per heavy atom. The van der Waals surface area contributed by atoms with E-state index < -0.39 is 22.9 Å². The lowest BCUT2D eigenvalue weighted by molar-refractivity contribution is 0.425. The van der Waals surface area contributed by atoms with Crippen LogP contribution in [0.2, 0.25) is 0 Å². The minimum atomic E-state index is -0.606. The summed E-state index contributed by atoms with van der Waals surface area (Å²) in [6.07, 6.45) is 0. The highest BCUT2D eigenvalue weighted by Gasteiger charge is 2.23. The SMILES string of the molecule is Cn1c(=O)c(-c2nc(-c3ccccc3F)no2)c(O)c2cc(F)ccc21. The molecule has 0 unspecified atom stereocenters. The normalized spacial score (nSPS) is 11.2. The van der Waals surface area contributed by atoms with Crippen LogP contribution in [0, 0.1) is 11.6 Å². The van der Waals surface area contributed by atoms with Crippen molar-refractivity contribution in [2.45, 2.75) is 0 Å². The van der Waals surface area contributed by atoms with E-state index in [9.17, 15) is 18.7 Å². The third kappa shape index (κ3) is 2.34. The predicted octanol–water partition coefficient (Wildman–Crippen LogP) is 3.24. The molecule has 0 atom stereocenters. The average Bonchev–Trinajstić information content (AvgIpc) is 3.10. The van der Waals surface area contributed by atoms with Crippen molar-refractivity contribution in [3.8, 4) is 28.6 Å². The molecule has 0 saturated carbocycles. The van der Waals surface area contributed by atoms with Crippen LogP contribution in [0.25, 0.3) is 33.7 Å². The van der Waals surface area contributed by atoms with Gasteiger partial charge < -0.3 is 14.2 Å².